The highest BCUT2D eigenvalue weighted by Gasteiger charge is 2.04. The first kappa shape index (κ1) is 10.6. The van der Waals surface area contributed by atoms with Crippen molar-refractivity contribution in [2.24, 2.45) is 0 Å². The van der Waals surface area contributed by atoms with E-state index in [0.29, 0.717) is 6.42 Å². The number of para-hydroxylation sites is 1. The van der Waals surface area contributed by atoms with Crippen LogP contribution in [0.3, 0.4) is 0 Å². The number of benzene rings is 1. The summed E-state index contributed by atoms with van der Waals surface area (Å²) in [6.07, 6.45) is 0.678. The number of aliphatic carboxylic acids is 1. The maximum Gasteiger partial charge on any atom is 0.303 e. The molecule has 0 saturated heterocycles. The van der Waals surface area contributed by atoms with Gasteiger partial charge in [-0.2, -0.15) is 0 Å². The van der Waals surface area contributed by atoms with Crippen molar-refractivity contribution in [3.05, 3.63) is 41.6 Å². The molecular weight excluding hydrogens is 202 g/mol. The first-order valence-electron chi connectivity index (χ1n) is 5.24. The number of nitrogens with zero attached hydrogens (tertiary/aromatic N) is 1. The van der Waals surface area contributed by atoms with Crippen molar-refractivity contribution in [2.75, 3.05) is 0 Å². The average molecular weight is 215 g/mol. The fraction of sp³-hybridized carbons (Fsp3) is 0.231. The zero-order chi connectivity index (χ0) is 11.5. The van der Waals surface area contributed by atoms with Gasteiger partial charge in [-0.3, -0.25) is 9.78 Å². The van der Waals surface area contributed by atoms with Crippen molar-refractivity contribution in [3.8, 4) is 0 Å². The Morgan fingerprint density at radius 2 is 2.12 bits per heavy atom. The van der Waals surface area contributed by atoms with Crippen LogP contribution in [0, 0.1) is 6.92 Å². The van der Waals surface area contributed by atoms with Gasteiger partial charge < -0.3 is 5.11 Å². The average Bonchev–Trinajstić information content (AvgIpc) is 2.26. The van der Waals surface area contributed by atoms with Gasteiger partial charge in [0, 0.05) is 17.5 Å². The van der Waals surface area contributed by atoms with E-state index in [1.165, 1.54) is 0 Å². The number of aromatic nitrogens is 1. The Morgan fingerprint density at radius 3 is 2.88 bits per heavy atom. The molecule has 0 spiro atoms. The van der Waals surface area contributed by atoms with Gasteiger partial charge in [-0.15, -0.1) is 0 Å². The largest absolute Gasteiger partial charge is 0.481 e. The second-order valence-electron chi connectivity index (χ2n) is 3.84. The lowest BCUT2D eigenvalue weighted by Gasteiger charge is -2.05. The minimum Gasteiger partial charge on any atom is -0.481 e. The Balaban J connectivity index is 2.43. The van der Waals surface area contributed by atoms with Crippen LogP contribution >= 0.6 is 0 Å². The highest BCUT2D eigenvalue weighted by molar-refractivity contribution is 5.82. The van der Waals surface area contributed by atoms with Gasteiger partial charge in [-0.05, 0) is 25.0 Å². The molecule has 2 aromatic rings. The number of hydrogen-bond donors (Lipinski definition) is 1. The Hall–Kier alpha value is -1.90. The van der Waals surface area contributed by atoms with Crippen LogP contribution in [0.25, 0.3) is 10.9 Å². The molecule has 1 aromatic carbocycles. The molecular formula is C13H13NO2. The lowest BCUT2D eigenvalue weighted by atomic mass is 10.1. The third-order valence-corrected chi connectivity index (χ3v) is 2.55. The Kier molecular flexibility index (Phi) is 2.86. The molecule has 0 saturated carbocycles. The van der Waals surface area contributed by atoms with Crippen molar-refractivity contribution in [1.29, 1.82) is 0 Å². The van der Waals surface area contributed by atoms with E-state index < -0.39 is 5.97 Å². The number of aryl methyl sites for hydroxylation is 2. The fourth-order valence-electron chi connectivity index (χ4n) is 1.75. The molecule has 2 rings (SSSR count). The molecule has 1 heterocycles. The van der Waals surface area contributed by atoms with Crippen molar-refractivity contribution >= 4 is 16.9 Å². The van der Waals surface area contributed by atoms with Crippen LogP contribution in [0.1, 0.15) is 17.7 Å². The quantitative estimate of drug-likeness (QED) is 0.856. The second kappa shape index (κ2) is 4.31. The summed E-state index contributed by atoms with van der Waals surface area (Å²) in [5.74, 6) is -0.773. The van der Waals surface area contributed by atoms with Crippen molar-refractivity contribution in [2.45, 2.75) is 19.8 Å². The molecule has 0 radical (unpaired) electrons. The lowest BCUT2D eigenvalue weighted by molar-refractivity contribution is -0.136. The summed E-state index contributed by atoms with van der Waals surface area (Å²) in [7, 11) is 0. The molecule has 0 aliphatic carbocycles. The van der Waals surface area contributed by atoms with Crippen LogP contribution in [0.2, 0.25) is 0 Å². The van der Waals surface area contributed by atoms with Gasteiger partial charge in [0.15, 0.2) is 0 Å². The van der Waals surface area contributed by atoms with E-state index >= 15 is 0 Å². The van der Waals surface area contributed by atoms with Gasteiger partial charge in [0.25, 0.3) is 0 Å². The molecule has 0 bridgehead atoms. The molecule has 0 aliphatic heterocycles. The molecule has 16 heavy (non-hydrogen) atoms. The minimum atomic E-state index is -0.773. The van der Waals surface area contributed by atoms with Crippen molar-refractivity contribution in [1.82, 2.24) is 4.98 Å². The standard InChI is InChI=1S/C13H13NO2/c1-9-5-6-10-3-2-4-11(13(10)14-9)7-8-12(15)16/h2-6H,7-8H2,1H3,(H,15,16). The van der Waals surface area contributed by atoms with E-state index in [-0.39, 0.29) is 6.42 Å². The van der Waals surface area contributed by atoms with Gasteiger partial charge in [-0.1, -0.05) is 24.3 Å². The molecule has 0 unspecified atom stereocenters. The van der Waals surface area contributed by atoms with Crippen LogP contribution in [0.4, 0.5) is 0 Å². The second-order valence-corrected chi connectivity index (χ2v) is 3.84. The summed E-state index contributed by atoms with van der Waals surface area (Å²) >= 11 is 0. The molecule has 0 aliphatic rings. The zero-order valence-corrected chi connectivity index (χ0v) is 9.10. The highest BCUT2D eigenvalue weighted by Crippen LogP contribution is 2.18. The highest BCUT2D eigenvalue weighted by atomic mass is 16.4. The Morgan fingerprint density at radius 1 is 1.31 bits per heavy atom. The number of pyridine rings is 1. The van der Waals surface area contributed by atoms with E-state index in [2.05, 4.69) is 4.98 Å². The van der Waals surface area contributed by atoms with E-state index in [1.807, 2.05) is 37.3 Å². The molecule has 1 aromatic heterocycles. The van der Waals surface area contributed by atoms with Crippen LogP contribution in [-0.2, 0) is 11.2 Å². The van der Waals surface area contributed by atoms with Gasteiger partial charge in [0.1, 0.15) is 0 Å². The van der Waals surface area contributed by atoms with E-state index in [0.717, 1.165) is 22.2 Å². The molecule has 0 amide bonds. The van der Waals surface area contributed by atoms with Crippen LogP contribution in [-0.4, -0.2) is 16.1 Å². The van der Waals surface area contributed by atoms with Crippen LogP contribution < -0.4 is 0 Å². The maximum atomic E-state index is 10.6. The predicted molar refractivity (Wildman–Crippen MR) is 62.4 cm³/mol. The predicted octanol–water partition coefficient (Wildman–Crippen LogP) is 2.56. The molecule has 1 N–H and O–H groups in total. The Bertz CT molecular complexity index is 534. The van der Waals surface area contributed by atoms with Gasteiger partial charge in [-0.25, -0.2) is 0 Å². The molecule has 3 heteroatoms. The van der Waals surface area contributed by atoms with E-state index in [4.69, 9.17) is 5.11 Å². The van der Waals surface area contributed by atoms with Crippen LogP contribution in [0.15, 0.2) is 30.3 Å². The number of carboxylic acids is 1. The van der Waals surface area contributed by atoms with E-state index in [9.17, 15) is 4.79 Å². The van der Waals surface area contributed by atoms with Gasteiger partial charge in [0.05, 0.1) is 5.52 Å². The molecule has 82 valence electrons. The maximum absolute atomic E-state index is 10.6. The van der Waals surface area contributed by atoms with E-state index in [1.54, 1.807) is 0 Å². The summed E-state index contributed by atoms with van der Waals surface area (Å²) in [5, 5.41) is 9.74. The van der Waals surface area contributed by atoms with Gasteiger partial charge in [0.2, 0.25) is 0 Å². The number of rotatable bonds is 3. The molecule has 0 atom stereocenters. The SMILES string of the molecule is Cc1ccc2cccc(CCC(=O)O)c2n1. The zero-order valence-electron chi connectivity index (χ0n) is 9.10. The topological polar surface area (TPSA) is 50.2 Å². The third-order valence-electron chi connectivity index (χ3n) is 2.55. The third kappa shape index (κ3) is 2.19. The molecule has 3 nitrogen and oxygen atoms in total. The monoisotopic (exact) mass is 215 g/mol. The number of hydrogen-bond acceptors (Lipinski definition) is 2. The fourth-order valence-corrected chi connectivity index (χ4v) is 1.75. The summed E-state index contributed by atoms with van der Waals surface area (Å²) in [5.41, 5.74) is 2.88. The van der Waals surface area contributed by atoms with Crippen LogP contribution in [0.5, 0.6) is 0 Å². The first-order valence-corrected chi connectivity index (χ1v) is 5.24. The smallest absolute Gasteiger partial charge is 0.303 e. The summed E-state index contributed by atoms with van der Waals surface area (Å²) in [6, 6.07) is 9.85. The first-order chi connectivity index (χ1) is 7.66. The minimum absolute atomic E-state index is 0.148. The molecule has 0 fully saturated rings. The number of fused-ring (bicyclic) bond motifs is 1. The normalized spacial score (nSPS) is 10.6. The van der Waals surface area contributed by atoms with Gasteiger partial charge >= 0.3 is 5.97 Å². The van der Waals surface area contributed by atoms with Crippen molar-refractivity contribution in [3.63, 3.8) is 0 Å². The summed E-state index contributed by atoms with van der Waals surface area (Å²) < 4.78 is 0. The Labute approximate surface area is 93.7 Å². The lowest BCUT2D eigenvalue weighted by Crippen LogP contribution is -1.99. The van der Waals surface area contributed by atoms with Crippen molar-refractivity contribution < 1.29 is 9.90 Å². The number of carbonyl (C=O) groups is 1. The number of carboxylic acid groups (broad SMARTS) is 1. The summed E-state index contributed by atoms with van der Waals surface area (Å²) in [4.78, 5) is 15.0. The summed E-state index contributed by atoms with van der Waals surface area (Å²) in [6.45, 7) is 1.94.